The molecule has 3 rings (SSSR count). The van der Waals surface area contributed by atoms with Gasteiger partial charge in [-0.2, -0.15) is 0 Å². The molecule has 11 heteroatoms. The maximum absolute atomic E-state index is 13.0. The highest BCUT2D eigenvalue weighted by molar-refractivity contribution is 6.74. The van der Waals surface area contributed by atoms with Crippen LogP contribution in [0.1, 0.15) is 40.3 Å². The maximum atomic E-state index is 13.0. The van der Waals surface area contributed by atoms with Crippen LogP contribution in [0.3, 0.4) is 0 Å². The number of nitrogens with one attached hydrogen (secondary N) is 1. The molecule has 0 radical (unpaired) electrons. The lowest BCUT2D eigenvalue weighted by atomic mass is 10.1. The highest BCUT2D eigenvalue weighted by Gasteiger charge is 2.50. The fraction of sp³-hybridized carbons (Fsp3) is 0.700. The smallest absolute Gasteiger partial charge is 0.330 e. The number of aliphatic imine (C=N–C) groups is 1. The zero-order chi connectivity index (χ0) is 23.1. The van der Waals surface area contributed by atoms with Crippen molar-refractivity contribution < 1.29 is 14.3 Å². The van der Waals surface area contributed by atoms with Gasteiger partial charge in [-0.25, -0.2) is 24.3 Å². The third-order valence-electron chi connectivity index (χ3n) is 6.10. The Balaban J connectivity index is 2.10. The number of nitrogens with zero attached hydrogens (tertiary/aromatic N) is 5. The van der Waals surface area contributed by atoms with Gasteiger partial charge < -0.3 is 24.2 Å². The minimum atomic E-state index is -2.26. The molecule has 1 aliphatic heterocycles. The van der Waals surface area contributed by atoms with Crippen molar-refractivity contribution in [1.29, 1.82) is 0 Å². The Labute approximate surface area is 183 Å². The lowest BCUT2D eigenvalue weighted by Crippen LogP contribution is -2.49. The fourth-order valence-corrected chi connectivity index (χ4v) is 4.63. The summed E-state index contributed by atoms with van der Waals surface area (Å²) in [5.74, 6) is 0.349. The van der Waals surface area contributed by atoms with Gasteiger partial charge in [-0.15, -0.1) is 0 Å². The van der Waals surface area contributed by atoms with Gasteiger partial charge in [0, 0.05) is 14.1 Å². The first-order valence-corrected chi connectivity index (χ1v) is 13.5. The van der Waals surface area contributed by atoms with Gasteiger partial charge >= 0.3 is 5.69 Å². The number of rotatable bonds is 6. The van der Waals surface area contributed by atoms with E-state index in [0.717, 1.165) is 0 Å². The number of imidazole rings is 1. The average molecular weight is 451 g/mol. The van der Waals surface area contributed by atoms with Crippen molar-refractivity contribution in [2.45, 2.75) is 76.8 Å². The Hall–Kier alpha value is -2.08. The molecule has 1 aliphatic rings. The molecule has 2 aromatic rings. The lowest BCUT2D eigenvalue weighted by Gasteiger charge is -2.40. The number of hydrogen-bond donors (Lipinski definition) is 2. The molecule has 1 fully saturated rings. The van der Waals surface area contributed by atoms with Gasteiger partial charge in [-0.3, -0.25) is 0 Å². The number of hydrogen-bond acceptors (Lipinski definition) is 7. The summed E-state index contributed by atoms with van der Waals surface area (Å²) in [6.45, 7) is 12.6. The molecule has 2 N–H and O–H groups in total. The van der Waals surface area contributed by atoms with Gasteiger partial charge in [0.05, 0.1) is 12.4 Å². The SMILES string of the molecule is CC[C@H]1O[C@@H](n2c(=O)[nH]c3c(/N=C\N(C)C)ncnc32)[C@@H](O[Si](C)(C)C(C)(C)C)C1O. The van der Waals surface area contributed by atoms with Crippen LogP contribution in [0.4, 0.5) is 5.82 Å². The summed E-state index contributed by atoms with van der Waals surface area (Å²) in [6, 6.07) is 0. The monoisotopic (exact) mass is 450 g/mol. The van der Waals surface area contributed by atoms with E-state index in [9.17, 15) is 9.90 Å². The minimum absolute atomic E-state index is 0.0665. The van der Waals surface area contributed by atoms with Crippen LogP contribution in [0.5, 0.6) is 0 Å². The van der Waals surface area contributed by atoms with E-state index in [1.165, 1.54) is 10.9 Å². The molecule has 10 nitrogen and oxygen atoms in total. The molecule has 0 aliphatic carbocycles. The Morgan fingerprint density at radius 3 is 2.65 bits per heavy atom. The molecule has 2 aromatic heterocycles. The second-order valence-electron chi connectivity index (χ2n) is 9.71. The molecule has 0 saturated carbocycles. The Morgan fingerprint density at radius 1 is 1.39 bits per heavy atom. The summed E-state index contributed by atoms with van der Waals surface area (Å²) in [7, 11) is 1.43. The number of aliphatic hydroxyl groups excluding tert-OH is 1. The average Bonchev–Trinajstić information content (AvgIpc) is 3.15. The molecule has 0 amide bonds. The molecule has 1 saturated heterocycles. The van der Waals surface area contributed by atoms with Crippen LogP contribution in [0.15, 0.2) is 16.1 Å². The van der Waals surface area contributed by atoms with E-state index < -0.39 is 38.5 Å². The van der Waals surface area contributed by atoms with Gasteiger partial charge in [0.25, 0.3) is 0 Å². The molecular weight excluding hydrogens is 416 g/mol. The van der Waals surface area contributed by atoms with E-state index in [1.807, 2.05) is 21.0 Å². The zero-order valence-electron chi connectivity index (χ0n) is 19.6. The number of aliphatic hydroxyl groups is 1. The maximum Gasteiger partial charge on any atom is 0.330 e. The molecule has 4 atom stereocenters. The van der Waals surface area contributed by atoms with E-state index in [2.05, 4.69) is 53.8 Å². The van der Waals surface area contributed by atoms with Gasteiger partial charge in [0.2, 0.25) is 0 Å². The van der Waals surface area contributed by atoms with Crippen molar-refractivity contribution in [3.8, 4) is 0 Å². The molecule has 0 bridgehead atoms. The standard InChI is InChI=1S/C20H34N6O4Si/c1-9-12-14(27)15(30-31(7,8)20(2,3)4)18(29-12)26-17-13(24-19(26)28)16(21-10-22-17)23-11-25(5)6/h10-12,14-15,18,27H,9H2,1-8H3,(H,24,28)/b23-11-/t12-,14?,15+,18-/m1/s1. The zero-order valence-corrected chi connectivity index (χ0v) is 20.6. The third kappa shape index (κ3) is 4.45. The summed E-state index contributed by atoms with van der Waals surface area (Å²) in [6.07, 6.45) is 0.769. The van der Waals surface area contributed by atoms with Crippen molar-refractivity contribution in [2.24, 2.45) is 4.99 Å². The van der Waals surface area contributed by atoms with Crippen molar-refractivity contribution in [3.63, 3.8) is 0 Å². The highest BCUT2D eigenvalue weighted by Crippen LogP contribution is 2.42. The van der Waals surface area contributed by atoms with Crippen LogP contribution in [0.2, 0.25) is 18.1 Å². The topological polar surface area (TPSA) is 118 Å². The summed E-state index contributed by atoms with van der Waals surface area (Å²) in [5, 5.41) is 10.9. The molecule has 0 aromatic carbocycles. The minimum Gasteiger partial charge on any atom is -0.407 e. The first-order valence-electron chi connectivity index (χ1n) is 10.5. The van der Waals surface area contributed by atoms with E-state index in [-0.39, 0.29) is 5.04 Å². The molecule has 1 unspecified atom stereocenters. The third-order valence-corrected chi connectivity index (χ3v) is 10.6. The van der Waals surface area contributed by atoms with Crippen LogP contribution in [0, 0.1) is 0 Å². The summed E-state index contributed by atoms with van der Waals surface area (Å²) >= 11 is 0. The van der Waals surface area contributed by atoms with Crippen LogP contribution in [0.25, 0.3) is 11.2 Å². The summed E-state index contributed by atoms with van der Waals surface area (Å²) < 4.78 is 14.1. The van der Waals surface area contributed by atoms with Gasteiger partial charge in [-0.1, -0.05) is 27.7 Å². The van der Waals surface area contributed by atoms with E-state index in [1.54, 1.807) is 11.2 Å². The van der Waals surface area contributed by atoms with Gasteiger partial charge in [-0.05, 0) is 24.6 Å². The quantitative estimate of drug-likeness (QED) is 0.394. The molecule has 3 heterocycles. The van der Waals surface area contributed by atoms with Gasteiger partial charge in [0.15, 0.2) is 26.0 Å². The molecule has 172 valence electrons. The lowest BCUT2D eigenvalue weighted by molar-refractivity contribution is -0.0342. The number of ether oxygens (including phenoxy) is 1. The van der Waals surface area contributed by atoms with Crippen molar-refractivity contribution >= 4 is 31.6 Å². The van der Waals surface area contributed by atoms with Gasteiger partial charge in [0.1, 0.15) is 24.1 Å². The summed E-state index contributed by atoms with van der Waals surface area (Å²) in [4.78, 5) is 30.4. The summed E-state index contributed by atoms with van der Waals surface area (Å²) in [5.41, 5.74) is 0.369. The number of fused-ring (bicyclic) bond motifs is 1. The molecular formula is C20H34N6O4Si. The molecule has 0 spiro atoms. The van der Waals surface area contributed by atoms with Crippen molar-refractivity contribution in [3.05, 3.63) is 16.8 Å². The van der Waals surface area contributed by atoms with E-state index in [4.69, 9.17) is 9.16 Å². The largest absolute Gasteiger partial charge is 0.407 e. The van der Waals surface area contributed by atoms with Crippen LogP contribution >= 0.6 is 0 Å². The van der Waals surface area contributed by atoms with E-state index in [0.29, 0.717) is 23.4 Å². The highest BCUT2D eigenvalue weighted by atomic mass is 28.4. The first-order chi connectivity index (χ1) is 14.4. The predicted octanol–water partition coefficient (Wildman–Crippen LogP) is 2.40. The second kappa shape index (κ2) is 8.45. The number of aromatic nitrogens is 4. The predicted molar refractivity (Wildman–Crippen MR) is 122 cm³/mol. The van der Waals surface area contributed by atoms with E-state index >= 15 is 0 Å². The Bertz CT molecular complexity index is 1010. The normalized spacial score (nSPS) is 25.1. The number of aromatic amines is 1. The van der Waals surface area contributed by atoms with Crippen LogP contribution < -0.4 is 5.69 Å². The van der Waals surface area contributed by atoms with Crippen molar-refractivity contribution in [1.82, 2.24) is 24.4 Å². The molecule has 31 heavy (non-hydrogen) atoms. The Kier molecular flexibility index (Phi) is 6.43. The Morgan fingerprint density at radius 2 is 2.06 bits per heavy atom. The van der Waals surface area contributed by atoms with Crippen LogP contribution in [-0.2, 0) is 9.16 Å². The first kappa shape index (κ1) is 23.6. The van der Waals surface area contributed by atoms with Crippen LogP contribution in [-0.4, -0.2) is 76.6 Å². The van der Waals surface area contributed by atoms with Crippen molar-refractivity contribution in [2.75, 3.05) is 14.1 Å². The number of H-pyrrole nitrogens is 1. The second-order valence-corrected chi connectivity index (χ2v) is 14.5. The fourth-order valence-electron chi connectivity index (χ4n) is 3.34.